The van der Waals surface area contributed by atoms with E-state index < -0.39 is 0 Å². The van der Waals surface area contributed by atoms with Crippen LogP contribution in [0.5, 0.6) is 5.75 Å². The third kappa shape index (κ3) is 23.5. The largest absolute Gasteiger partial charge is 0.457 e. The maximum Gasteiger partial charge on any atom is 0.246 e. The summed E-state index contributed by atoms with van der Waals surface area (Å²) in [5, 5.41) is 9.52. The van der Waals surface area contributed by atoms with Crippen LogP contribution >= 0.6 is 0 Å². The molecule has 1 aliphatic rings. The Morgan fingerprint density at radius 2 is 1.60 bits per heavy atom. The summed E-state index contributed by atoms with van der Waals surface area (Å²) in [5.41, 5.74) is 6.75. The number of aliphatic imine (C=N–C) groups is 1. The van der Waals surface area contributed by atoms with Gasteiger partial charge in [0.2, 0.25) is 5.91 Å². The summed E-state index contributed by atoms with van der Waals surface area (Å²) < 4.78 is 6.21. The second kappa shape index (κ2) is 38.0. The van der Waals surface area contributed by atoms with E-state index >= 15 is 0 Å². The van der Waals surface area contributed by atoms with Crippen molar-refractivity contribution in [2.75, 3.05) is 11.9 Å². The molecular weight excluding hydrogens is 765 g/mol. The molecule has 2 heterocycles. The first kappa shape index (κ1) is 59.4. The highest BCUT2D eigenvalue weighted by Crippen LogP contribution is 2.27. The molecule has 8 nitrogen and oxygen atoms in total. The van der Waals surface area contributed by atoms with Gasteiger partial charge in [0.15, 0.2) is 5.84 Å². The molecule has 8 heteroatoms. The van der Waals surface area contributed by atoms with E-state index in [1.165, 1.54) is 18.4 Å². The number of hydrogen-bond donors (Lipinski definition) is 1. The van der Waals surface area contributed by atoms with E-state index in [9.17, 15) is 4.79 Å². The molecule has 0 radical (unpaired) electrons. The lowest BCUT2D eigenvalue weighted by atomic mass is 9.99. The van der Waals surface area contributed by atoms with Crippen molar-refractivity contribution in [3.63, 3.8) is 0 Å². The number of allylic oxidation sites excluding steroid dienone is 4. The Bertz CT molecular complexity index is 1700. The molecule has 0 fully saturated rings. The maximum absolute atomic E-state index is 13.1. The first-order chi connectivity index (χ1) is 30.0. The number of pyridine rings is 1. The number of aryl methyl sites for hydroxylation is 4. The molecule has 62 heavy (non-hydrogen) atoms. The number of aromatic nitrogens is 1. The highest BCUT2D eigenvalue weighted by Gasteiger charge is 2.21. The van der Waals surface area contributed by atoms with Crippen molar-refractivity contribution in [3.8, 4) is 5.75 Å². The highest BCUT2D eigenvalue weighted by atomic mass is 16.5. The number of anilines is 1. The molecule has 1 N–H and O–H groups in total. The second-order valence-corrected chi connectivity index (χ2v) is 14.7. The van der Waals surface area contributed by atoms with Crippen molar-refractivity contribution >= 4 is 23.6 Å². The van der Waals surface area contributed by atoms with E-state index in [0.717, 1.165) is 110 Å². The number of amides is 1. The monoisotopic (exact) mass is 855 g/mol. The van der Waals surface area contributed by atoms with Gasteiger partial charge in [-0.2, -0.15) is 5.10 Å². The van der Waals surface area contributed by atoms with Gasteiger partial charge in [0.1, 0.15) is 17.2 Å². The molecule has 2 aromatic rings. The summed E-state index contributed by atoms with van der Waals surface area (Å²) in [4.78, 5) is 25.2. The average Bonchev–Trinajstić information content (AvgIpc) is 3.26. The fraction of sp³-hybridized carbons (Fsp3) is 0.556. The lowest BCUT2D eigenvalue weighted by molar-refractivity contribution is -0.128. The molecule has 1 aromatic heterocycles. The van der Waals surface area contributed by atoms with E-state index in [-0.39, 0.29) is 11.9 Å². The number of unbranched alkanes of at least 4 members (excludes halogenated alkanes) is 3. The van der Waals surface area contributed by atoms with Gasteiger partial charge in [-0.25, -0.2) is 15.0 Å². The van der Waals surface area contributed by atoms with Gasteiger partial charge < -0.3 is 15.0 Å². The molecule has 1 amide bonds. The second-order valence-electron chi connectivity index (χ2n) is 14.7. The van der Waals surface area contributed by atoms with E-state index in [0.29, 0.717) is 11.6 Å². The molecule has 1 unspecified atom stereocenters. The molecule has 0 bridgehead atoms. The molecule has 0 saturated carbocycles. The molecule has 0 aliphatic carbocycles. The number of nitrogens with zero attached hydrogens (tertiary/aromatic N) is 5. The van der Waals surface area contributed by atoms with Crippen LogP contribution in [-0.2, 0) is 11.2 Å². The Balaban J connectivity index is 0. The minimum absolute atomic E-state index is 0.145. The number of benzene rings is 1. The molecule has 1 aliphatic heterocycles. The van der Waals surface area contributed by atoms with Crippen molar-refractivity contribution in [2.45, 2.75) is 194 Å². The zero-order chi connectivity index (χ0) is 47.3. The van der Waals surface area contributed by atoms with Crippen LogP contribution in [0.15, 0.2) is 95.2 Å². The topological polar surface area (TPSA) is 82.4 Å². The zero-order valence-corrected chi connectivity index (χ0v) is 42.5. The van der Waals surface area contributed by atoms with Crippen LogP contribution < -0.4 is 10.1 Å². The minimum Gasteiger partial charge on any atom is -0.457 e. The number of carbonyl (C=O) groups is 1. The van der Waals surface area contributed by atoms with Gasteiger partial charge in [0, 0.05) is 48.7 Å². The third-order valence-electron chi connectivity index (χ3n) is 9.06. The predicted molar refractivity (Wildman–Crippen MR) is 274 cm³/mol. The van der Waals surface area contributed by atoms with E-state index in [4.69, 9.17) is 14.7 Å². The molecular formula is C54H90N6O2. The zero-order valence-electron chi connectivity index (χ0n) is 42.5. The smallest absolute Gasteiger partial charge is 0.246 e. The van der Waals surface area contributed by atoms with Crippen LogP contribution in [0.4, 0.5) is 5.69 Å². The Morgan fingerprint density at radius 3 is 2.16 bits per heavy atom. The number of ether oxygens (including phenoxy) is 1. The Morgan fingerprint density at radius 1 is 0.919 bits per heavy atom. The highest BCUT2D eigenvalue weighted by molar-refractivity contribution is 6.08. The van der Waals surface area contributed by atoms with Crippen molar-refractivity contribution in [3.05, 3.63) is 113 Å². The minimum atomic E-state index is 0.145. The van der Waals surface area contributed by atoms with Crippen LogP contribution in [0.25, 0.3) is 0 Å². The van der Waals surface area contributed by atoms with Gasteiger partial charge in [-0.15, -0.1) is 0 Å². The standard InChI is InChI=1S/C44H62N6O2.2C3H8.2C2H6/c1-10-15-18-27-45-44(48-38-24-25-41(33(6)31-38)52-40-26-29-50(46-14-5)35(8)32-40)43-34(7)30-37(36(9)47-43)21-20-22-39(13-4)49(28-19-16-11-2)42(51)23-17-12-3;2*1-3-2;2*1-2/h14,17-18,23-27,29-32,39H,8,10-13,15-16,19-22,28H2,1-7,9H3,(H,45,48);2*3H2,1-2H3;2*1-2H3/b23-17+,27-18+,46-14-;;;;. The Kier molecular flexibility index (Phi) is 36.4. The molecule has 0 saturated heterocycles. The first-order valence-electron chi connectivity index (χ1n) is 24.1. The summed E-state index contributed by atoms with van der Waals surface area (Å²) in [5.74, 6) is 2.30. The van der Waals surface area contributed by atoms with Gasteiger partial charge in [-0.3, -0.25) is 4.79 Å². The van der Waals surface area contributed by atoms with Crippen molar-refractivity contribution in [1.82, 2.24) is 14.9 Å². The predicted octanol–water partition coefficient (Wildman–Crippen LogP) is 15.8. The summed E-state index contributed by atoms with van der Waals surface area (Å²) in [6, 6.07) is 8.52. The Labute approximate surface area is 381 Å². The molecule has 3 rings (SSSR count). The van der Waals surface area contributed by atoms with Crippen LogP contribution in [0.1, 0.15) is 189 Å². The number of carbonyl (C=O) groups excluding carboxylic acids is 1. The number of hydrazone groups is 1. The van der Waals surface area contributed by atoms with Gasteiger partial charge in [0.25, 0.3) is 0 Å². The van der Waals surface area contributed by atoms with Gasteiger partial charge in [-0.05, 0) is 120 Å². The molecule has 0 spiro atoms. The Hall–Kier alpha value is -4.72. The lowest BCUT2D eigenvalue weighted by Gasteiger charge is -2.31. The van der Waals surface area contributed by atoms with E-state index in [2.05, 4.69) is 109 Å². The van der Waals surface area contributed by atoms with Gasteiger partial charge in [-0.1, -0.05) is 140 Å². The summed E-state index contributed by atoms with van der Waals surface area (Å²) in [7, 11) is 0. The van der Waals surface area contributed by atoms with Crippen LogP contribution in [0, 0.1) is 20.8 Å². The number of nitrogens with one attached hydrogen (secondary N) is 1. The normalized spacial score (nSPS) is 12.6. The quantitative estimate of drug-likeness (QED) is 0.0621. The number of hydrogen-bond acceptors (Lipinski definition) is 6. The van der Waals surface area contributed by atoms with Gasteiger partial charge in [0.05, 0.1) is 5.70 Å². The average molecular weight is 855 g/mol. The van der Waals surface area contributed by atoms with Crippen molar-refractivity contribution < 1.29 is 9.53 Å². The number of rotatable bonds is 20. The molecule has 348 valence electrons. The van der Waals surface area contributed by atoms with Crippen LogP contribution in [-0.4, -0.2) is 45.4 Å². The number of amidine groups is 1. The SMILES string of the molecule is C=C1C=C(Oc2ccc(NC(=N/C=C/CCC)c3nc(C)c(CCCC(CC)N(CCCCC)C(=O)/C=C/CC)cc3C)cc2C)C=CN1/N=C\C.CC.CC.CCC.CCC. The lowest BCUT2D eigenvalue weighted by Crippen LogP contribution is -2.40. The van der Waals surface area contributed by atoms with E-state index in [1.807, 2.05) is 84.3 Å². The summed E-state index contributed by atoms with van der Waals surface area (Å²) >= 11 is 0. The first-order valence-corrected chi connectivity index (χ1v) is 24.1. The maximum atomic E-state index is 13.1. The van der Waals surface area contributed by atoms with Crippen molar-refractivity contribution in [1.29, 1.82) is 0 Å². The fourth-order valence-corrected chi connectivity index (χ4v) is 6.13. The molecule has 1 atom stereocenters. The third-order valence-corrected chi connectivity index (χ3v) is 9.06. The summed E-state index contributed by atoms with van der Waals surface area (Å²) in [6.45, 7) is 38.1. The fourth-order valence-electron chi connectivity index (χ4n) is 6.13. The van der Waals surface area contributed by atoms with E-state index in [1.54, 1.807) is 17.3 Å². The van der Waals surface area contributed by atoms with Gasteiger partial charge >= 0.3 is 0 Å². The summed E-state index contributed by atoms with van der Waals surface area (Å²) in [6.07, 6.45) is 27.5. The van der Waals surface area contributed by atoms with Crippen LogP contribution in [0.2, 0.25) is 0 Å². The van der Waals surface area contributed by atoms with Crippen LogP contribution in [0.3, 0.4) is 0 Å². The molecule has 1 aromatic carbocycles. The van der Waals surface area contributed by atoms with Crippen molar-refractivity contribution in [2.24, 2.45) is 10.1 Å².